The molecular formula is C21H26N2O. The van der Waals surface area contributed by atoms with Gasteiger partial charge in [-0.25, -0.2) is 0 Å². The Bertz CT molecular complexity index is 743. The Balaban J connectivity index is 1.69. The average Bonchev–Trinajstić information content (AvgIpc) is 3.46. The summed E-state index contributed by atoms with van der Waals surface area (Å²) in [5.74, 6) is 0.728. The van der Waals surface area contributed by atoms with Crippen molar-refractivity contribution in [2.75, 3.05) is 7.05 Å². The highest BCUT2D eigenvalue weighted by Crippen LogP contribution is 2.40. The third-order valence-corrected chi connectivity index (χ3v) is 5.65. The van der Waals surface area contributed by atoms with Crippen molar-refractivity contribution in [2.45, 2.75) is 63.3 Å². The van der Waals surface area contributed by atoms with Crippen molar-refractivity contribution in [3.63, 3.8) is 0 Å². The lowest BCUT2D eigenvalue weighted by atomic mass is 10.0. The maximum Gasteiger partial charge on any atom is 0.254 e. The highest BCUT2D eigenvalue weighted by atomic mass is 16.2. The monoisotopic (exact) mass is 322 g/mol. The zero-order chi connectivity index (χ0) is 16.5. The van der Waals surface area contributed by atoms with Crippen molar-refractivity contribution in [2.24, 2.45) is 0 Å². The molecule has 2 aliphatic carbocycles. The largest absolute Gasteiger partial charge is 0.339 e. The summed E-state index contributed by atoms with van der Waals surface area (Å²) in [4.78, 5) is 20.1. The number of carbonyl (C=O) groups is 1. The predicted octanol–water partition coefficient (Wildman–Crippen LogP) is 4.91. The van der Waals surface area contributed by atoms with Gasteiger partial charge in [-0.15, -0.1) is 0 Å². The Hall–Kier alpha value is -1.90. The van der Waals surface area contributed by atoms with E-state index in [1.807, 2.05) is 36.2 Å². The van der Waals surface area contributed by atoms with Crippen LogP contribution in [0.25, 0.3) is 10.9 Å². The van der Waals surface area contributed by atoms with Crippen LogP contribution in [0.5, 0.6) is 0 Å². The molecule has 1 aromatic carbocycles. The number of carbonyl (C=O) groups excluding carboxylic acids is 1. The van der Waals surface area contributed by atoms with E-state index in [-0.39, 0.29) is 5.91 Å². The number of aromatic nitrogens is 1. The smallest absolute Gasteiger partial charge is 0.254 e. The number of rotatable bonds is 3. The van der Waals surface area contributed by atoms with E-state index in [1.165, 1.54) is 38.5 Å². The number of hydrogen-bond donors (Lipinski definition) is 0. The minimum Gasteiger partial charge on any atom is -0.339 e. The van der Waals surface area contributed by atoms with Crippen LogP contribution in [0.1, 0.15) is 73.3 Å². The maximum absolute atomic E-state index is 13.3. The number of fused-ring (bicyclic) bond motifs is 1. The third-order valence-electron chi connectivity index (χ3n) is 5.65. The Morgan fingerprint density at radius 3 is 2.46 bits per heavy atom. The van der Waals surface area contributed by atoms with Gasteiger partial charge >= 0.3 is 0 Å². The van der Waals surface area contributed by atoms with Gasteiger partial charge in [0.15, 0.2) is 0 Å². The van der Waals surface area contributed by atoms with Gasteiger partial charge in [-0.3, -0.25) is 9.78 Å². The van der Waals surface area contributed by atoms with Crippen LogP contribution in [0.15, 0.2) is 30.3 Å². The molecule has 2 saturated carbocycles. The molecule has 1 aromatic heterocycles. The number of benzene rings is 1. The first-order valence-electron chi connectivity index (χ1n) is 9.41. The summed E-state index contributed by atoms with van der Waals surface area (Å²) in [7, 11) is 1.99. The van der Waals surface area contributed by atoms with Crippen molar-refractivity contribution in [3.05, 3.63) is 41.6 Å². The third kappa shape index (κ3) is 3.04. The fourth-order valence-corrected chi connectivity index (χ4v) is 3.96. The van der Waals surface area contributed by atoms with Gasteiger partial charge < -0.3 is 4.90 Å². The van der Waals surface area contributed by atoms with E-state index in [4.69, 9.17) is 4.98 Å². The van der Waals surface area contributed by atoms with Crippen molar-refractivity contribution in [1.82, 2.24) is 9.88 Å². The molecule has 4 rings (SSSR count). The van der Waals surface area contributed by atoms with Crippen LogP contribution >= 0.6 is 0 Å². The van der Waals surface area contributed by atoms with E-state index < -0.39 is 0 Å². The molecule has 3 heteroatoms. The number of pyridine rings is 1. The van der Waals surface area contributed by atoms with E-state index in [0.29, 0.717) is 12.0 Å². The van der Waals surface area contributed by atoms with Gasteiger partial charge in [-0.05, 0) is 37.8 Å². The molecule has 126 valence electrons. The second kappa shape index (κ2) is 6.54. The van der Waals surface area contributed by atoms with Crippen LogP contribution in [0.3, 0.4) is 0 Å². The molecule has 1 heterocycles. The van der Waals surface area contributed by atoms with E-state index in [0.717, 1.165) is 35.0 Å². The minimum atomic E-state index is 0.169. The highest BCUT2D eigenvalue weighted by molar-refractivity contribution is 6.06. The normalized spacial score (nSPS) is 19.2. The molecule has 0 atom stereocenters. The van der Waals surface area contributed by atoms with Gasteiger partial charge in [0.25, 0.3) is 5.91 Å². The number of hydrogen-bond acceptors (Lipinski definition) is 2. The summed E-state index contributed by atoms with van der Waals surface area (Å²) in [5.41, 5.74) is 2.90. The van der Waals surface area contributed by atoms with Crippen LogP contribution in [0, 0.1) is 0 Å². The van der Waals surface area contributed by atoms with E-state index >= 15 is 0 Å². The molecule has 24 heavy (non-hydrogen) atoms. The summed E-state index contributed by atoms with van der Waals surface area (Å²) in [6, 6.07) is 10.5. The zero-order valence-corrected chi connectivity index (χ0v) is 14.5. The topological polar surface area (TPSA) is 33.2 Å². The number of nitrogens with zero attached hydrogens (tertiary/aromatic N) is 2. The van der Waals surface area contributed by atoms with Gasteiger partial charge in [0, 0.05) is 30.1 Å². The second-order valence-corrected chi connectivity index (χ2v) is 7.45. The molecule has 2 fully saturated rings. The first-order chi connectivity index (χ1) is 11.7. The molecule has 2 aliphatic rings. The van der Waals surface area contributed by atoms with Crippen molar-refractivity contribution >= 4 is 16.8 Å². The number of amides is 1. The Morgan fingerprint density at radius 2 is 1.75 bits per heavy atom. The minimum absolute atomic E-state index is 0.169. The SMILES string of the molecule is CN(C(=O)c1cc(C2CC2)nc2ccccc12)C1CCCCCC1. The molecule has 2 aromatic rings. The second-order valence-electron chi connectivity index (χ2n) is 7.45. The van der Waals surface area contributed by atoms with E-state index in [1.54, 1.807) is 0 Å². The highest BCUT2D eigenvalue weighted by Gasteiger charge is 2.29. The van der Waals surface area contributed by atoms with Crippen molar-refractivity contribution in [3.8, 4) is 0 Å². The van der Waals surface area contributed by atoms with Crippen LogP contribution in [0.4, 0.5) is 0 Å². The van der Waals surface area contributed by atoms with Gasteiger partial charge in [-0.1, -0.05) is 43.9 Å². The molecule has 0 bridgehead atoms. The molecule has 0 saturated heterocycles. The van der Waals surface area contributed by atoms with E-state index in [9.17, 15) is 4.79 Å². The zero-order valence-electron chi connectivity index (χ0n) is 14.5. The van der Waals surface area contributed by atoms with Crippen LogP contribution in [0.2, 0.25) is 0 Å². The summed E-state index contributed by atoms with van der Waals surface area (Å²) in [6.07, 6.45) is 9.79. The van der Waals surface area contributed by atoms with Crippen LogP contribution in [-0.2, 0) is 0 Å². The predicted molar refractivity (Wildman–Crippen MR) is 97.3 cm³/mol. The van der Waals surface area contributed by atoms with E-state index in [2.05, 4.69) is 6.07 Å². The van der Waals surface area contributed by atoms with Crippen molar-refractivity contribution < 1.29 is 4.79 Å². The maximum atomic E-state index is 13.3. The molecule has 0 aliphatic heterocycles. The molecule has 1 amide bonds. The number of para-hydroxylation sites is 1. The molecule has 0 radical (unpaired) electrons. The first kappa shape index (κ1) is 15.6. The van der Waals surface area contributed by atoms with Crippen molar-refractivity contribution in [1.29, 1.82) is 0 Å². The Kier molecular flexibility index (Phi) is 4.26. The van der Waals surface area contributed by atoms with Crippen LogP contribution < -0.4 is 0 Å². The molecule has 0 N–H and O–H groups in total. The van der Waals surface area contributed by atoms with Crippen LogP contribution in [-0.4, -0.2) is 28.9 Å². The Labute approximate surface area is 144 Å². The lowest BCUT2D eigenvalue weighted by molar-refractivity contribution is 0.0719. The fraction of sp³-hybridized carbons (Fsp3) is 0.524. The molecule has 3 nitrogen and oxygen atoms in total. The van der Waals surface area contributed by atoms with Gasteiger partial charge in [0.2, 0.25) is 0 Å². The standard InChI is InChI=1S/C21H26N2O/c1-23(16-8-4-2-3-5-9-16)21(24)18-14-20(15-12-13-15)22-19-11-7-6-10-17(18)19/h6-7,10-11,14-16H,2-5,8-9,12-13H2,1H3. The summed E-state index contributed by atoms with van der Waals surface area (Å²) < 4.78 is 0. The quantitative estimate of drug-likeness (QED) is 0.752. The molecule has 0 spiro atoms. The van der Waals surface area contributed by atoms with Gasteiger partial charge in [0.1, 0.15) is 0 Å². The molecule has 0 unspecified atom stereocenters. The average molecular weight is 322 g/mol. The van der Waals surface area contributed by atoms with Gasteiger partial charge in [-0.2, -0.15) is 0 Å². The first-order valence-corrected chi connectivity index (χ1v) is 9.41. The lowest BCUT2D eigenvalue weighted by Gasteiger charge is -2.28. The summed E-state index contributed by atoms with van der Waals surface area (Å²) >= 11 is 0. The Morgan fingerprint density at radius 1 is 1.04 bits per heavy atom. The fourth-order valence-electron chi connectivity index (χ4n) is 3.96. The lowest BCUT2D eigenvalue weighted by Crippen LogP contribution is -2.37. The molecular weight excluding hydrogens is 296 g/mol. The summed E-state index contributed by atoms with van der Waals surface area (Å²) in [6.45, 7) is 0. The summed E-state index contributed by atoms with van der Waals surface area (Å²) in [5, 5.41) is 0.993. The van der Waals surface area contributed by atoms with Gasteiger partial charge in [0.05, 0.1) is 11.1 Å².